The summed E-state index contributed by atoms with van der Waals surface area (Å²) in [4.78, 5) is 28.6. The number of carbonyl (C=O) groups excluding carboxylic acids is 2. The summed E-state index contributed by atoms with van der Waals surface area (Å²) >= 11 is 1.32. The lowest BCUT2D eigenvalue weighted by Crippen LogP contribution is -2.19. The molecule has 0 aliphatic carbocycles. The summed E-state index contributed by atoms with van der Waals surface area (Å²) < 4.78 is 5.09. The molecule has 3 aromatic rings. The van der Waals surface area contributed by atoms with Crippen molar-refractivity contribution in [3.8, 4) is 5.75 Å². The first-order valence-corrected chi connectivity index (χ1v) is 9.93. The molecule has 8 heteroatoms. The first kappa shape index (κ1) is 20.3. The molecule has 0 bridgehead atoms. The zero-order valence-corrected chi connectivity index (χ0v) is 17.0. The summed E-state index contributed by atoms with van der Waals surface area (Å²) in [7, 11) is 1.58. The van der Waals surface area contributed by atoms with Gasteiger partial charge in [-0.2, -0.15) is 0 Å². The van der Waals surface area contributed by atoms with Crippen LogP contribution in [0.2, 0.25) is 0 Å². The van der Waals surface area contributed by atoms with Gasteiger partial charge in [-0.3, -0.25) is 10.1 Å². The number of hydrogen-bond donors (Lipinski definition) is 3. The Labute approximate surface area is 173 Å². The van der Waals surface area contributed by atoms with E-state index >= 15 is 0 Å². The summed E-state index contributed by atoms with van der Waals surface area (Å²) in [6, 6.07) is 14.3. The van der Waals surface area contributed by atoms with Gasteiger partial charge in [0.25, 0.3) is 0 Å². The van der Waals surface area contributed by atoms with Gasteiger partial charge in [0.15, 0.2) is 5.13 Å². The van der Waals surface area contributed by atoms with Gasteiger partial charge in [0.1, 0.15) is 5.75 Å². The van der Waals surface area contributed by atoms with Crippen LogP contribution >= 0.6 is 11.3 Å². The molecule has 150 valence electrons. The van der Waals surface area contributed by atoms with Crippen molar-refractivity contribution in [3.63, 3.8) is 0 Å². The quantitative estimate of drug-likeness (QED) is 0.527. The third-order valence-electron chi connectivity index (χ3n) is 4.03. The predicted molar refractivity (Wildman–Crippen MR) is 116 cm³/mol. The van der Waals surface area contributed by atoms with E-state index in [4.69, 9.17) is 4.74 Å². The van der Waals surface area contributed by atoms with Gasteiger partial charge in [0.05, 0.1) is 12.8 Å². The highest BCUT2D eigenvalue weighted by molar-refractivity contribution is 7.13. The van der Waals surface area contributed by atoms with Gasteiger partial charge in [-0.25, -0.2) is 9.78 Å². The van der Waals surface area contributed by atoms with Crippen LogP contribution in [-0.2, 0) is 11.2 Å². The van der Waals surface area contributed by atoms with Gasteiger partial charge in [0, 0.05) is 23.2 Å². The number of thiazole rings is 1. The van der Waals surface area contributed by atoms with E-state index in [0.29, 0.717) is 29.4 Å². The third-order valence-corrected chi connectivity index (χ3v) is 4.84. The molecule has 3 amide bonds. The van der Waals surface area contributed by atoms with Crippen molar-refractivity contribution in [2.75, 3.05) is 23.1 Å². The molecule has 0 saturated heterocycles. The molecule has 0 atom stereocenters. The maximum Gasteiger partial charge on any atom is 0.325 e. The van der Waals surface area contributed by atoms with Gasteiger partial charge in [-0.05, 0) is 55.3 Å². The molecule has 3 rings (SSSR count). The van der Waals surface area contributed by atoms with E-state index in [0.717, 1.165) is 16.9 Å². The van der Waals surface area contributed by atoms with Crippen molar-refractivity contribution < 1.29 is 14.3 Å². The van der Waals surface area contributed by atoms with Crippen molar-refractivity contribution in [2.24, 2.45) is 0 Å². The monoisotopic (exact) mass is 410 g/mol. The number of benzene rings is 2. The van der Waals surface area contributed by atoms with E-state index in [-0.39, 0.29) is 11.9 Å². The van der Waals surface area contributed by atoms with Gasteiger partial charge >= 0.3 is 6.03 Å². The summed E-state index contributed by atoms with van der Waals surface area (Å²) in [5.41, 5.74) is 3.28. The minimum absolute atomic E-state index is 0.0737. The molecule has 0 spiro atoms. The van der Waals surface area contributed by atoms with Crippen LogP contribution in [0, 0.1) is 6.92 Å². The van der Waals surface area contributed by atoms with Crippen LogP contribution in [0.5, 0.6) is 5.75 Å². The Morgan fingerprint density at radius 2 is 1.83 bits per heavy atom. The SMILES string of the molecule is COc1ccc(NC(=O)Nc2nc(CCC(=O)Nc3cccc(C)c3)cs2)cc1. The number of urea groups is 1. The molecule has 2 aromatic carbocycles. The second-order valence-electron chi connectivity index (χ2n) is 6.37. The highest BCUT2D eigenvalue weighted by Crippen LogP contribution is 2.19. The average molecular weight is 410 g/mol. The van der Waals surface area contributed by atoms with Gasteiger partial charge in [-0.1, -0.05) is 12.1 Å². The molecule has 29 heavy (non-hydrogen) atoms. The molecular weight excluding hydrogens is 388 g/mol. The summed E-state index contributed by atoms with van der Waals surface area (Å²) in [6.45, 7) is 1.98. The zero-order chi connectivity index (χ0) is 20.6. The fourth-order valence-electron chi connectivity index (χ4n) is 2.60. The molecule has 7 nitrogen and oxygen atoms in total. The number of hydrogen-bond acceptors (Lipinski definition) is 5. The number of methoxy groups -OCH3 is 1. The molecule has 0 aliphatic rings. The molecule has 1 heterocycles. The second kappa shape index (κ2) is 9.70. The normalized spacial score (nSPS) is 10.3. The molecule has 0 unspecified atom stereocenters. The number of amides is 3. The van der Waals surface area contributed by atoms with E-state index in [9.17, 15) is 9.59 Å². The largest absolute Gasteiger partial charge is 0.497 e. The van der Waals surface area contributed by atoms with Gasteiger partial charge < -0.3 is 15.4 Å². The van der Waals surface area contributed by atoms with E-state index in [2.05, 4.69) is 20.9 Å². The van der Waals surface area contributed by atoms with Crippen molar-refractivity contribution in [1.29, 1.82) is 0 Å². The first-order valence-electron chi connectivity index (χ1n) is 9.05. The number of nitrogens with one attached hydrogen (secondary N) is 3. The smallest absolute Gasteiger partial charge is 0.325 e. The molecule has 0 aliphatic heterocycles. The lowest BCUT2D eigenvalue weighted by molar-refractivity contribution is -0.116. The minimum atomic E-state index is -0.381. The number of nitrogens with zero attached hydrogens (tertiary/aromatic N) is 1. The van der Waals surface area contributed by atoms with Crippen LogP contribution < -0.4 is 20.7 Å². The van der Waals surface area contributed by atoms with E-state index in [1.807, 2.05) is 36.6 Å². The standard InChI is InChI=1S/C21H22N4O3S/c1-14-4-3-5-16(12-14)22-19(26)11-8-17-13-29-21(24-17)25-20(27)23-15-6-9-18(28-2)10-7-15/h3-7,9-10,12-13H,8,11H2,1-2H3,(H,22,26)(H2,23,24,25,27). The second-order valence-corrected chi connectivity index (χ2v) is 7.23. The molecule has 0 saturated carbocycles. The fourth-order valence-corrected chi connectivity index (χ4v) is 3.34. The number of rotatable bonds is 7. The Kier molecular flexibility index (Phi) is 6.80. The predicted octanol–water partition coefficient (Wildman–Crippen LogP) is 4.68. The summed E-state index contributed by atoms with van der Waals surface area (Å²) in [5.74, 6) is 0.641. The van der Waals surface area contributed by atoms with Crippen LogP contribution in [0.25, 0.3) is 0 Å². The van der Waals surface area contributed by atoms with Crippen molar-refractivity contribution in [3.05, 3.63) is 65.2 Å². The molecule has 0 fully saturated rings. The number of aryl methyl sites for hydroxylation is 2. The van der Waals surface area contributed by atoms with E-state index in [1.165, 1.54) is 11.3 Å². The van der Waals surface area contributed by atoms with Crippen LogP contribution in [0.4, 0.5) is 21.3 Å². The maximum atomic E-state index is 12.1. The Hall–Kier alpha value is -3.39. The molecule has 1 aromatic heterocycles. The maximum absolute atomic E-state index is 12.1. The zero-order valence-electron chi connectivity index (χ0n) is 16.2. The lowest BCUT2D eigenvalue weighted by Gasteiger charge is -2.06. The Morgan fingerprint density at radius 1 is 1.03 bits per heavy atom. The van der Waals surface area contributed by atoms with Crippen molar-refractivity contribution >= 4 is 39.8 Å². The Balaban J connectivity index is 1.46. The van der Waals surface area contributed by atoms with Crippen LogP contribution in [0.3, 0.4) is 0 Å². The molecule has 3 N–H and O–H groups in total. The number of carbonyl (C=O) groups is 2. The highest BCUT2D eigenvalue weighted by Gasteiger charge is 2.09. The van der Waals surface area contributed by atoms with Crippen LogP contribution in [0.1, 0.15) is 17.7 Å². The number of ether oxygens (including phenoxy) is 1. The van der Waals surface area contributed by atoms with Crippen molar-refractivity contribution in [2.45, 2.75) is 19.8 Å². The molecular formula is C21H22N4O3S. The number of aromatic nitrogens is 1. The minimum Gasteiger partial charge on any atom is -0.497 e. The first-order chi connectivity index (χ1) is 14.0. The summed E-state index contributed by atoms with van der Waals surface area (Å²) in [5, 5.41) is 10.6. The van der Waals surface area contributed by atoms with Gasteiger partial charge in [0.2, 0.25) is 5.91 Å². The number of anilines is 3. The lowest BCUT2D eigenvalue weighted by atomic mass is 10.2. The van der Waals surface area contributed by atoms with Gasteiger partial charge in [-0.15, -0.1) is 11.3 Å². The average Bonchev–Trinajstić information content (AvgIpc) is 3.14. The Bertz CT molecular complexity index is 986. The topological polar surface area (TPSA) is 92.3 Å². The fraction of sp³-hybridized carbons (Fsp3) is 0.190. The van der Waals surface area contributed by atoms with Crippen molar-refractivity contribution in [1.82, 2.24) is 4.98 Å². The van der Waals surface area contributed by atoms with Crippen LogP contribution in [0.15, 0.2) is 53.9 Å². The third kappa shape index (κ3) is 6.32. The molecule has 0 radical (unpaired) electrons. The summed E-state index contributed by atoms with van der Waals surface area (Å²) in [6.07, 6.45) is 0.811. The van der Waals surface area contributed by atoms with E-state index < -0.39 is 0 Å². The van der Waals surface area contributed by atoms with Crippen LogP contribution in [-0.4, -0.2) is 24.0 Å². The highest BCUT2D eigenvalue weighted by atomic mass is 32.1. The van der Waals surface area contributed by atoms with E-state index in [1.54, 1.807) is 31.4 Å². The Morgan fingerprint density at radius 3 is 2.55 bits per heavy atom.